The van der Waals surface area contributed by atoms with Crippen LogP contribution in [0, 0.1) is 0 Å². The molecule has 13 heavy (non-hydrogen) atoms. The number of amidine groups is 1. The fraction of sp³-hybridized carbons (Fsp3) is 0.300. The lowest BCUT2D eigenvalue weighted by atomic mass is 10.3. The molecular weight excluding hydrogens is 180 g/mol. The molecule has 0 radical (unpaired) electrons. The number of benzene rings is 1. The molecule has 0 saturated heterocycles. The van der Waals surface area contributed by atoms with E-state index in [4.69, 9.17) is 0 Å². The number of aliphatic imine (C=N–C) groups is 1. The minimum atomic E-state index is 0.963. The molecule has 0 aromatic heterocycles. The van der Waals surface area contributed by atoms with E-state index in [1.54, 1.807) is 0 Å². The molecule has 0 amide bonds. The molecule has 2 aliphatic heterocycles. The standard InChI is InChI=1S/C10H10N2S/c1-2-4-9-8(3-1)12-6-5-11-10(12)7-13-9/h1-4H,5-7H2. The normalized spacial score (nSPS) is 19.4. The van der Waals surface area contributed by atoms with Crippen LogP contribution < -0.4 is 4.90 Å². The summed E-state index contributed by atoms with van der Waals surface area (Å²) in [6.45, 7) is 2.02. The first-order valence-electron chi connectivity index (χ1n) is 4.48. The predicted molar refractivity (Wildman–Crippen MR) is 56.8 cm³/mol. The van der Waals surface area contributed by atoms with E-state index in [0.29, 0.717) is 0 Å². The molecule has 3 rings (SSSR count). The SMILES string of the molecule is c1ccc2c(c1)SCC1=NCCN12. The van der Waals surface area contributed by atoms with Crippen LogP contribution >= 0.6 is 11.8 Å². The van der Waals surface area contributed by atoms with Crippen molar-refractivity contribution in [3.63, 3.8) is 0 Å². The van der Waals surface area contributed by atoms with Gasteiger partial charge in [-0.2, -0.15) is 0 Å². The van der Waals surface area contributed by atoms with Crippen molar-refractivity contribution in [3.05, 3.63) is 24.3 Å². The third-order valence-electron chi connectivity index (χ3n) is 2.44. The third kappa shape index (κ3) is 1.07. The maximum atomic E-state index is 4.48. The Morgan fingerprint density at radius 1 is 1.31 bits per heavy atom. The highest BCUT2D eigenvalue weighted by atomic mass is 32.2. The van der Waals surface area contributed by atoms with Crippen LogP contribution in [0.3, 0.4) is 0 Å². The summed E-state index contributed by atoms with van der Waals surface area (Å²) in [5.74, 6) is 2.29. The molecule has 0 N–H and O–H groups in total. The summed E-state index contributed by atoms with van der Waals surface area (Å²) >= 11 is 1.89. The summed E-state index contributed by atoms with van der Waals surface area (Å²) in [5.41, 5.74) is 1.34. The van der Waals surface area contributed by atoms with Crippen LogP contribution in [-0.4, -0.2) is 24.7 Å². The molecule has 0 bridgehead atoms. The van der Waals surface area contributed by atoms with E-state index >= 15 is 0 Å². The van der Waals surface area contributed by atoms with Gasteiger partial charge < -0.3 is 4.90 Å². The van der Waals surface area contributed by atoms with Gasteiger partial charge in [0.15, 0.2) is 0 Å². The van der Waals surface area contributed by atoms with Crippen LogP contribution in [0.2, 0.25) is 0 Å². The lowest BCUT2D eigenvalue weighted by molar-refractivity contribution is 1.01. The van der Waals surface area contributed by atoms with Gasteiger partial charge in [0.05, 0.1) is 18.0 Å². The van der Waals surface area contributed by atoms with E-state index in [9.17, 15) is 0 Å². The van der Waals surface area contributed by atoms with Gasteiger partial charge in [-0.3, -0.25) is 4.99 Å². The van der Waals surface area contributed by atoms with Crippen molar-refractivity contribution in [2.45, 2.75) is 4.90 Å². The van der Waals surface area contributed by atoms with Gasteiger partial charge in [0.25, 0.3) is 0 Å². The van der Waals surface area contributed by atoms with E-state index in [-0.39, 0.29) is 0 Å². The molecular formula is C10H10N2S. The van der Waals surface area contributed by atoms with Crippen LogP contribution in [0.1, 0.15) is 0 Å². The largest absolute Gasteiger partial charge is 0.327 e. The Morgan fingerprint density at radius 2 is 2.23 bits per heavy atom. The summed E-state index contributed by atoms with van der Waals surface area (Å²) in [4.78, 5) is 8.21. The monoisotopic (exact) mass is 190 g/mol. The van der Waals surface area contributed by atoms with E-state index in [0.717, 1.165) is 18.8 Å². The lowest BCUT2D eigenvalue weighted by Crippen LogP contribution is -2.31. The van der Waals surface area contributed by atoms with Crippen LogP contribution in [0.5, 0.6) is 0 Å². The summed E-state index contributed by atoms with van der Waals surface area (Å²) in [6, 6.07) is 8.57. The second-order valence-corrected chi connectivity index (χ2v) is 4.22. The molecule has 2 heterocycles. The predicted octanol–water partition coefficient (Wildman–Crippen LogP) is 2.01. The third-order valence-corrected chi connectivity index (χ3v) is 3.50. The molecule has 0 unspecified atom stereocenters. The number of para-hydroxylation sites is 1. The number of thioether (sulfide) groups is 1. The Hall–Kier alpha value is -0.960. The first-order chi connectivity index (χ1) is 6.45. The highest BCUT2D eigenvalue weighted by Crippen LogP contribution is 2.36. The Balaban J connectivity index is 2.12. The molecule has 0 atom stereocenters. The van der Waals surface area contributed by atoms with Crippen LogP contribution in [-0.2, 0) is 0 Å². The van der Waals surface area contributed by atoms with Crippen molar-refractivity contribution in [3.8, 4) is 0 Å². The van der Waals surface area contributed by atoms with E-state index in [1.165, 1.54) is 16.4 Å². The van der Waals surface area contributed by atoms with Gasteiger partial charge in [-0.25, -0.2) is 0 Å². The minimum Gasteiger partial charge on any atom is -0.327 e. The topological polar surface area (TPSA) is 15.6 Å². The maximum absolute atomic E-state index is 4.48. The smallest absolute Gasteiger partial charge is 0.114 e. The molecule has 2 nitrogen and oxygen atoms in total. The average molecular weight is 190 g/mol. The van der Waals surface area contributed by atoms with Crippen LogP contribution in [0.25, 0.3) is 0 Å². The molecule has 0 aliphatic carbocycles. The molecule has 2 aliphatic rings. The molecule has 1 aromatic carbocycles. The van der Waals surface area contributed by atoms with Crippen molar-refractivity contribution in [2.24, 2.45) is 4.99 Å². The Kier molecular flexibility index (Phi) is 1.59. The van der Waals surface area contributed by atoms with Gasteiger partial charge in [-0.1, -0.05) is 12.1 Å². The number of nitrogens with zero attached hydrogens (tertiary/aromatic N) is 2. The second kappa shape index (κ2) is 2.77. The van der Waals surface area contributed by atoms with Gasteiger partial charge in [-0.05, 0) is 12.1 Å². The first-order valence-corrected chi connectivity index (χ1v) is 5.46. The van der Waals surface area contributed by atoms with Gasteiger partial charge in [-0.15, -0.1) is 11.8 Å². The van der Waals surface area contributed by atoms with Gasteiger partial charge in [0.2, 0.25) is 0 Å². The highest BCUT2D eigenvalue weighted by Gasteiger charge is 2.25. The maximum Gasteiger partial charge on any atom is 0.114 e. The number of hydrogen-bond acceptors (Lipinski definition) is 3. The second-order valence-electron chi connectivity index (χ2n) is 3.21. The molecule has 0 fully saturated rings. The van der Waals surface area contributed by atoms with Crippen molar-refractivity contribution in [2.75, 3.05) is 23.7 Å². The Bertz CT molecular complexity index is 373. The zero-order valence-corrected chi connectivity index (χ0v) is 8.05. The fourth-order valence-electron chi connectivity index (χ4n) is 1.82. The number of anilines is 1. The summed E-state index contributed by atoms with van der Waals surface area (Å²) < 4.78 is 0. The number of hydrogen-bond donors (Lipinski definition) is 0. The van der Waals surface area contributed by atoms with Gasteiger partial charge in [0, 0.05) is 11.4 Å². The van der Waals surface area contributed by atoms with E-state index in [1.807, 2.05) is 11.8 Å². The molecule has 3 heteroatoms. The summed E-state index contributed by atoms with van der Waals surface area (Å²) in [7, 11) is 0. The van der Waals surface area contributed by atoms with Crippen molar-refractivity contribution in [1.29, 1.82) is 0 Å². The molecule has 1 aromatic rings. The quantitative estimate of drug-likeness (QED) is 0.622. The molecule has 0 spiro atoms. The van der Waals surface area contributed by atoms with Gasteiger partial charge >= 0.3 is 0 Å². The summed E-state index contributed by atoms with van der Waals surface area (Å²) in [6.07, 6.45) is 0. The fourth-order valence-corrected chi connectivity index (χ4v) is 2.85. The Labute approximate surface area is 81.7 Å². The van der Waals surface area contributed by atoms with Crippen molar-refractivity contribution < 1.29 is 0 Å². The molecule has 0 saturated carbocycles. The first kappa shape index (κ1) is 7.44. The average Bonchev–Trinajstić information content (AvgIpc) is 2.65. The lowest BCUT2D eigenvalue weighted by Gasteiger charge is -2.27. The minimum absolute atomic E-state index is 0.963. The van der Waals surface area contributed by atoms with E-state index < -0.39 is 0 Å². The highest BCUT2D eigenvalue weighted by molar-refractivity contribution is 8.00. The number of rotatable bonds is 0. The van der Waals surface area contributed by atoms with Gasteiger partial charge in [0.1, 0.15) is 5.84 Å². The van der Waals surface area contributed by atoms with Crippen LogP contribution in [0.4, 0.5) is 5.69 Å². The number of fused-ring (bicyclic) bond motifs is 3. The molecule has 66 valence electrons. The van der Waals surface area contributed by atoms with Crippen molar-refractivity contribution in [1.82, 2.24) is 0 Å². The Morgan fingerprint density at radius 3 is 3.23 bits per heavy atom. The zero-order chi connectivity index (χ0) is 8.67. The van der Waals surface area contributed by atoms with Crippen molar-refractivity contribution >= 4 is 23.3 Å². The van der Waals surface area contributed by atoms with E-state index in [2.05, 4.69) is 34.2 Å². The summed E-state index contributed by atoms with van der Waals surface area (Å²) in [5, 5.41) is 0. The zero-order valence-electron chi connectivity index (χ0n) is 7.23. The van der Waals surface area contributed by atoms with Crippen LogP contribution in [0.15, 0.2) is 34.2 Å².